The quantitative estimate of drug-likeness (QED) is 0.481. The highest BCUT2D eigenvalue weighted by molar-refractivity contribution is 5.58. The molecule has 3 nitrogen and oxygen atoms in total. The molecule has 1 atom stereocenters. The van der Waals surface area contributed by atoms with Gasteiger partial charge in [0.1, 0.15) is 6.54 Å². The van der Waals surface area contributed by atoms with Crippen molar-refractivity contribution in [3.8, 4) is 0 Å². The Bertz CT molecular complexity index is 103. The molecule has 0 bridgehead atoms. The molecular formula is C5H9N2O. The Morgan fingerprint density at radius 1 is 1.75 bits per heavy atom. The Hall–Kier alpha value is -0.570. The van der Waals surface area contributed by atoms with Gasteiger partial charge in [-0.15, -0.1) is 0 Å². The third-order valence-electron chi connectivity index (χ3n) is 1.000. The van der Waals surface area contributed by atoms with Crippen LogP contribution in [-0.2, 0) is 4.74 Å². The van der Waals surface area contributed by atoms with Crippen molar-refractivity contribution in [1.82, 2.24) is 4.90 Å². The van der Waals surface area contributed by atoms with E-state index in [1.54, 1.807) is 13.4 Å². The fourth-order valence-corrected chi connectivity index (χ4v) is 0.571. The normalized spacial score (nSPS) is 27.2. The minimum atomic E-state index is -0.0556. The summed E-state index contributed by atoms with van der Waals surface area (Å²) in [6, 6.07) is 0. The number of hydrogen-bond acceptors (Lipinski definition) is 3. The molecule has 1 aliphatic heterocycles. The highest BCUT2D eigenvalue weighted by Crippen LogP contribution is 2.05. The smallest absolute Gasteiger partial charge is 0.171 e. The first-order chi connectivity index (χ1) is 3.83. The van der Waals surface area contributed by atoms with Crippen LogP contribution in [0.1, 0.15) is 0 Å². The van der Waals surface area contributed by atoms with Crippen molar-refractivity contribution < 1.29 is 4.74 Å². The molecule has 1 heterocycles. The lowest BCUT2D eigenvalue weighted by atomic mass is 10.6. The number of hydrogen-bond donors (Lipinski definition) is 0. The van der Waals surface area contributed by atoms with Crippen LogP contribution in [0.3, 0.4) is 0 Å². The Labute approximate surface area is 49.0 Å². The van der Waals surface area contributed by atoms with Crippen LogP contribution in [0.25, 0.3) is 0 Å². The maximum atomic E-state index is 4.89. The van der Waals surface area contributed by atoms with Crippen LogP contribution >= 0.6 is 0 Å². The number of nitrogens with zero attached hydrogens (tertiary/aromatic N) is 2. The molecule has 3 heteroatoms. The number of rotatable bonds is 1. The summed E-state index contributed by atoms with van der Waals surface area (Å²) in [5.41, 5.74) is 0. The third kappa shape index (κ3) is 0.980. The molecule has 0 N–H and O–H groups in total. The minimum Gasteiger partial charge on any atom is -0.357 e. The van der Waals surface area contributed by atoms with Gasteiger partial charge in [-0.05, 0) is 0 Å². The lowest BCUT2D eigenvalue weighted by Gasteiger charge is -2.05. The molecule has 1 aliphatic rings. The van der Waals surface area contributed by atoms with E-state index in [4.69, 9.17) is 4.74 Å². The summed E-state index contributed by atoms with van der Waals surface area (Å²) < 4.78 is 4.89. The van der Waals surface area contributed by atoms with Crippen molar-refractivity contribution in [3.63, 3.8) is 0 Å². The van der Waals surface area contributed by atoms with E-state index >= 15 is 0 Å². The first-order valence-electron chi connectivity index (χ1n) is 2.46. The van der Waals surface area contributed by atoms with E-state index in [-0.39, 0.29) is 6.23 Å². The molecule has 1 radical (unpaired) electrons. The highest BCUT2D eigenvalue weighted by atomic mass is 16.5. The predicted octanol–water partition coefficient (Wildman–Crippen LogP) is 0.0944. The Balaban J connectivity index is 2.34. The van der Waals surface area contributed by atoms with Crippen molar-refractivity contribution in [1.29, 1.82) is 0 Å². The molecule has 0 aromatic rings. The van der Waals surface area contributed by atoms with Crippen LogP contribution in [0, 0.1) is 6.54 Å². The van der Waals surface area contributed by atoms with Gasteiger partial charge in [0, 0.05) is 14.2 Å². The average molecular weight is 113 g/mol. The molecule has 0 aromatic heterocycles. The van der Waals surface area contributed by atoms with E-state index in [0.29, 0.717) is 0 Å². The second-order valence-corrected chi connectivity index (χ2v) is 1.71. The van der Waals surface area contributed by atoms with Crippen molar-refractivity contribution in [2.75, 3.05) is 14.2 Å². The lowest BCUT2D eigenvalue weighted by Crippen LogP contribution is -2.12. The summed E-state index contributed by atoms with van der Waals surface area (Å²) in [5, 5.41) is 0. The number of ether oxygens (including phenoxy) is 1. The molecule has 0 saturated carbocycles. The zero-order valence-corrected chi connectivity index (χ0v) is 5.03. The predicted molar refractivity (Wildman–Crippen MR) is 31.4 cm³/mol. The summed E-state index contributed by atoms with van der Waals surface area (Å²) in [5.74, 6) is 0. The van der Waals surface area contributed by atoms with Gasteiger partial charge in [0.15, 0.2) is 6.23 Å². The molecule has 0 amide bonds. The van der Waals surface area contributed by atoms with E-state index < -0.39 is 0 Å². The first-order valence-corrected chi connectivity index (χ1v) is 2.46. The molecule has 1 rings (SSSR count). The second-order valence-electron chi connectivity index (χ2n) is 1.71. The second kappa shape index (κ2) is 2.13. The maximum Gasteiger partial charge on any atom is 0.171 e. The largest absolute Gasteiger partial charge is 0.357 e. The van der Waals surface area contributed by atoms with Crippen molar-refractivity contribution >= 4 is 6.34 Å². The van der Waals surface area contributed by atoms with Gasteiger partial charge in [0.25, 0.3) is 0 Å². The minimum absolute atomic E-state index is 0.0556. The van der Waals surface area contributed by atoms with Crippen molar-refractivity contribution in [2.24, 2.45) is 4.99 Å². The summed E-state index contributed by atoms with van der Waals surface area (Å²) in [6.45, 7) is 1.89. The summed E-state index contributed by atoms with van der Waals surface area (Å²) in [4.78, 5) is 5.83. The SMILES string of the molecule is COC1[CH]N(C)C=N1. The van der Waals surface area contributed by atoms with Crippen LogP contribution < -0.4 is 0 Å². The van der Waals surface area contributed by atoms with Gasteiger partial charge in [0.2, 0.25) is 0 Å². The van der Waals surface area contributed by atoms with Crippen LogP contribution in [0.2, 0.25) is 0 Å². The Morgan fingerprint density at radius 2 is 2.50 bits per heavy atom. The fourth-order valence-electron chi connectivity index (χ4n) is 0.571. The number of likely N-dealkylation sites (N-methyl/N-ethyl adjacent to an activating group) is 1. The van der Waals surface area contributed by atoms with Gasteiger partial charge < -0.3 is 9.64 Å². The lowest BCUT2D eigenvalue weighted by molar-refractivity contribution is 0.131. The van der Waals surface area contributed by atoms with E-state index in [1.165, 1.54) is 0 Å². The average Bonchev–Trinajstić information content (AvgIpc) is 2.14. The van der Waals surface area contributed by atoms with Gasteiger partial charge in [-0.2, -0.15) is 0 Å². The molecule has 45 valence electrons. The number of aliphatic imine (C=N–C) groups is 1. The zero-order valence-electron chi connectivity index (χ0n) is 5.03. The van der Waals surface area contributed by atoms with Crippen LogP contribution in [0.5, 0.6) is 0 Å². The molecule has 0 saturated heterocycles. The molecule has 8 heavy (non-hydrogen) atoms. The monoisotopic (exact) mass is 113 g/mol. The van der Waals surface area contributed by atoms with Crippen molar-refractivity contribution in [2.45, 2.75) is 6.23 Å². The zero-order chi connectivity index (χ0) is 5.98. The molecular weight excluding hydrogens is 104 g/mol. The number of methoxy groups -OCH3 is 1. The molecule has 0 spiro atoms. The topological polar surface area (TPSA) is 24.8 Å². The maximum absolute atomic E-state index is 4.89. The fraction of sp³-hybridized carbons (Fsp3) is 0.600. The van der Waals surface area contributed by atoms with E-state index in [9.17, 15) is 0 Å². The van der Waals surface area contributed by atoms with Gasteiger partial charge in [-0.3, -0.25) is 0 Å². The molecule has 0 aromatic carbocycles. The van der Waals surface area contributed by atoms with Gasteiger partial charge in [-0.1, -0.05) is 0 Å². The van der Waals surface area contributed by atoms with Crippen LogP contribution in [-0.4, -0.2) is 31.6 Å². The van der Waals surface area contributed by atoms with Crippen molar-refractivity contribution in [3.05, 3.63) is 6.54 Å². The Kier molecular flexibility index (Phi) is 1.48. The van der Waals surface area contributed by atoms with Gasteiger partial charge >= 0.3 is 0 Å². The highest BCUT2D eigenvalue weighted by Gasteiger charge is 2.12. The van der Waals surface area contributed by atoms with Gasteiger partial charge in [0.05, 0.1) is 6.34 Å². The van der Waals surface area contributed by atoms with Crippen LogP contribution in [0.15, 0.2) is 4.99 Å². The van der Waals surface area contributed by atoms with E-state index in [0.717, 1.165) is 0 Å². The molecule has 0 fully saturated rings. The van der Waals surface area contributed by atoms with E-state index in [2.05, 4.69) is 4.99 Å². The summed E-state index contributed by atoms with van der Waals surface area (Å²) in [6.07, 6.45) is 1.67. The van der Waals surface area contributed by atoms with Gasteiger partial charge in [-0.25, -0.2) is 4.99 Å². The standard InChI is InChI=1S/C5H9N2O/c1-7-3-5(8-2)6-4-7/h3-5H,1-2H3. The van der Waals surface area contributed by atoms with E-state index in [1.807, 2.05) is 18.5 Å². The molecule has 1 unspecified atom stereocenters. The summed E-state index contributed by atoms with van der Waals surface area (Å²) >= 11 is 0. The van der Waals surface area contributed by atoms with Crippen LogP contribution in [0.4, 0.5) is 0 Å². The third-order valence-corrected chi connectivity index (χ3v) is 1.000. The first kappa shape index (κ1) is 5.56. The summed E-state index contributed by atoms with van der Waals surface area (Å²) in [7, 11) is 3.56. The molecule has 0 aliphatic carbocycles. The Morgan fingerprint density at radius 3 is 2.75 bits per heavy atom.